The third-order valence-electron chi connectivity index (χ3n) is 5.01. The van der Waals surface area contributed by atoms with Gasteiger partial charge >= 0.3 is 0 Å². The third-order valence-corrected chi connectivity index (χ3v) is 5.24. The summed E-state index contributed by atoms with van der Waals surface area (Å²) in [4.78, 5) is 26.8. The number of aryl methyl sites for hydroxylation is 1. The van der Waals surface area contributed by atoms with Crippen LogP contribution in [0.25, 0.3) is 5.69 Å². The Labute approximate surface area is 181 Å². The van der Waals surface area contributed by atoms with Crippen molar-refractivity contribution in [2.45, 2.75) is 13.3 Å². The average molecular weight is 445 g/mol. The molecule has 0 saturated carbocycles. The van der Waals surface area contributed by atoms with E-state index in [1.54, 1.807) is 25.1 Å². The number of halogens is 2. The zero-order valence-electron chi connectivity index (χ0n) is 16.7. The topological polar surface area (TPSA) is 102 Å². The van der Waals surface area contributed by atoms with Gasteiger partial charge in [0.2, 0.25) is 11.8 Å². The monoisotopic (exact) mass is 444 g/mol. The molecule has 0 aliphatic carbocycles. The predicted octanol–water partition coefficient (Wildman–Crippen LogP) is 2.76. The first kappa shape index (κ1) is 20.7. The van der Waals surface area contributed by atoms with E-state index in [9.17, 15) is 14.0 Å². The maximum absolute atomic E-state index is 14.3. The van der Waals surface area contributed by atoms with Crippen molar-refractivity contribution >= 4 is 34.8 Å². The predicted molar refractivity (Wildman–Crippen MR) is 111 cm³/mol. The van der Waals surface area contributed by atoms with E-state index < -0.39 is 17.6 Å². The molecule has 160 valence electrons. The Morgan fingerprint density at radius 3 is 2.81 bits per heavy atom. The smallest absolute Gasteiger partial charge is 0.229 e. The van der Waals surface area contributed by atoms with E-state index in [1.807, 2.05) is 0 Å². The second kappa shape index (κ2) is 8.31. The number of anilines is 2. The van der Waals surface area contributed by atoms with Crippen molar-refractivity contribution in [1.29, 1.82) is 0 Å². The highest BCUT2D eigenvalue weighted by Gasteiger charge is 2.36. The van der Waals surface area contributed by atoms with Crippen molar-refractivity contribution in [3.05, 3.63) is 53.1 Å². The molecule has 31 heavy (non-hydrogen) atoms. The average Bonchev–Trinajstić information content (AvgIpc) is 3.35. The van der Waals surface area contributed by atoms with E-state index in [0.29, 0.717) is 28.0 Å². The minimum atomic E-state index is -0.672. The van der Waals surface area contributed by atoms with Crippen LogP contribution in [-0.2, 0) is 9.59 Å². The van der Waals surface area contributed by atoms with Gasteiger partial charge in [-0.25, -0.2) is 4.39 Å². The molecular formula is C20H18ClFN6O3. The minimum Gasteiger partial charge on any atom is -0.495 e. The molecule has 1 aliphatic heterocycles. The number of aromatic nitrogens is 4. The van der Waals surface area contributed by atoms with Crippen LogP contribution >= 0.6 is 11.6 Å². The highest BCUT2D eigenvalue weighted by molar-refractivity contribution is 6.31. The SMILES string of the molecule is COc1ccc(Cl)cc1N1CC(C(=O)Nc2cc(-n3nnnc3C)ccc2F)CC1=O. The molecule has 2 amide bonds. The van der Waals surface area contributed by atoms with Gasteiger partial charge in [0.05, 0.1) is 30.1 Å². The Bertz CT molecular complexity index is 1170. The minimum absolute atomic E-state index is 0.0189. The fourth-order valence-corrected chi connectivity index (χ4v) is 3.60. The van der Waals surface area contributed by atoms with Crippen LogP contribution in [0.3, 0.4) is 0 Å². The number of ether oxygens (including phenoxy) is 1. The molecule has 3 aromatic rings. The number of carbonyl (C=O) groups excluding carboxylic acids is 2. The van der Waals surface area contributed by atoms with Crippen molar-refractivity contribution in [3.8, 4) is 11.4 Å². The van der Waals surface area contributed by atoms with Gasteiger partial charge in [0.25, 0.3) is 0 Å². The second-order valence-electron chi connectivity index (χ2n) is 7.01. The Morgan fingerprint density at radius 2 is 2.10 bits per heavy atom. The highest BCUT2D eigenvalue weighted by Crippen LogP contribution is 2.35. The number of rotatable bonds is 5. The molecule has 0 bridgehead atoms. The number of nitrogens with zero attached hydrogens (tertiary/aromatic N) is 5. The van der Waals surface area contributed by atoms with Gasteiger partial charge < -0.3 is 15.0 Å². The molecule has 1 unspecified atom stereocenters. The molecule has 1 atom stereocenters. The molecule has 4 rings (SSSR count). The molecule has 1 fully saturated rings. The molecule has 1 saturated heterocycles. The van der Waals surface area contributed by atoms with Crippen molar-refractivity contribution in [3.63, 3.8) is 0 Å². The van der Waals surface area contributed by atoms with Crippen molar-refractivity contribution < 1.29 is 18.7 Å². The number of methoxy groups -OCH3 is 1. The van der Waals surface area contributed by atoms with E-state index >= 15 is 0 Å². The van der Waals surface area contributed by atoms with E-state index in [2.05, 4.69) is 20.8 Å². The Hall–Kier alpha value is -3.53. The maximum Gasteiger partial charge on any atom is 0.229 e. The molecule has 2 aromatic carbocycles. The van der Waals surface area contributed by atoms with Gasteiger partial charge in [0.15, 0.2) is 5.82 Å². The van der Waals surface area contributed by atoms with Gasteiger partial charge in [-0.2, -0.15) is 4.68 Å². The summed E-state index contributed by atoms with van der Waals surface area (Å²) in [7, 11) is 1.49. The number of tetrazole rings is 1. The van der Waals surface area contributed by atoms with Gasteiger partial charge in [-0.05, 0) is 53.7 Å². The van der Waals surface area contributed by atoms with Crippen LogP contribution in [0.1, 0.15) is 12.2 Å². The first-order valence-electron chi connectivity index (χ1n) is 9.37. The second-order valence-corrected chi connectivity index (χ2v) is 7.45. The molecule has 0 spiro atoms. The molecule has 1 N–H and O–H groups in total. The molecule has 2 heterocycles. The highest BCUT2D eigenvalue weighted by atomic mass is 35.5. The number of nitrogens with one attached hydrogen (secondary N) is 1. The summed E-state index contributed by atoms with van der Waals surface area (Å²) in [6.07, 6.45) is -0.0189. The van der Waals surface area contributed by atoms with Crippen LogP contribution in [0.5, 0.6) is 5.75 Å². The standard InChI is InChI=1S/C20H18ClFN6O3/c1-11-24-25-26-28(11)14-4-5-15(22)16(9-14)23-20(30)12-7-19(29)27(10-12)17-8-13(21)3-6-18(17)31-2/h3-6,8-9,12H,7,10H2,1-2H3,(H,23,30). The van der Waals surface area contributed by atoms with Gasteiger partial charge in [-0.15, -0.1) is 5.10 Å². The summed E-state index contributed by atoms with van der Waals surface area (Å²) >= 11 is 6.06. The van der Waals surface area contributed by atoms with E-state index in [1.165, 1.54) is 34.9 Å². The number of hydrogen-bond acceptors (Lipinski definition) is 6. The molecule has 1 aromatic heterocycles. The summed E-state index contributed by atoms with van der Waals surface area (Å²) in [6, 6.07) is 9.06. The Kier molecular flexibility index (Phi) is 5.55. The number of hydrogen-bond donors (Lipinski definition) is 1. The first-order valence-corrected chi connectivity index (χ1v) is 9.75. The van der Waals surface area contributed by atoms with Crippen molar-refractivity contribution in [2.24, 2.45) is 5.92 Å². The lowest BCUT2D eigenvalue weighted by atomic mass is 10.1. The van der Waals surface area contributed by atoms with Crippen LogP contribution in [0.15, 0.2) is 36.4 Å². The Balaban J connectivity index is 1.53. The summed E-state index contributed by atoms with van der Waals surface area (Å²) in [5.74, 6) is -1.03. The summed E-state index contributed by atoms with van der Waals surface area (Å²) in [5, 5.41) is 14.2. The van der Waals surface area contributed by atoms with E-state index in [4.69, 9.17) is 16.3 Å². The summed E-state index contributed by atoms with van der Waals surface area (Å²) in [6.45, 7) is 1.82. The van der Waals surface area contributed by atoms with Gasteiger partial charge in [-0.1, -0.05) is 11.6 Å². The Morgan fingerprint density at radius 1 is 1.29 bits per heavy atom. The number of amides is 2. The zero-order chi connectivity index (χ0) is 22.1. The third kappa shape index (κ3) is 4.06. The van der Waals surface area contributed by atoms with Gasteiger partial charge in [0, 0.05) is 18.0 Å². The summed E-state index contributed by atoms with van der Waals surface area (Å²) in [5.41, 5.74) is 0.952. The molecule has 11 heteroatoms. The molecule has 0 radical (unpaired) electrons. The van der Waals surface area contributed by atoms with Crippen LogP contribution in [0, 0.1) is 18.7 Å². The molecule has 9 nitrogen and oxygen atoms in total. The largest absolute Gasteiger partial charge is 0.495 e. The molecular weight excluding hydrogens is 427 g/mol. The van der Waals surface area contributed by atoms with Crippen LogP contribution in [-0.4, -0.2) is 45.7 Å². The van der Waals surface area contributed by atoms with Gasteiger partial charge in [0.1, 0.15) is 11.6 Å². The maximum atomic E-state index is 14.3. The van der Waals surface area contributed by atoms with E-state index in [0.717, 1.165) is 0 Å². The van der Waals surface area contributed by atoms with E-state index in [-0.39, 0.29) is 24.6 Å². The lowest BCUT2D eigenvalue weighted by Gasteiger charge is -2.20. The number of benzene rings is 2. The van der Waals surface area contributed by atoms with Crippen LogP contribution < -0.4 is 15.0 Å². The fourth-order valence-electron chi connectivity index (χ4n) is 3.44. The van der Waals surface area contributed by atoms with Crippen molar-refractivity contribution in [2.75, 3.05) is 23.9 Å². The first-order chi connectivity index (χ1) is 14.9. The summed E-state index contributed by atoms with van der Waals surface area (Å²) < 4.78 is 21.1. The fraction of sp³-hybridized carbons (Fsp3) is 0.250. The van der Waals surface area contributed by atoms with Crippen LogP contribution in [0.4, 0.5) is 15.8 Å². The van der Waals surface area contributed by atoms with Crippen molar-refractivity contribution in [1.82, 2.24) is 20.2 Å². The normalized spacial score (nSPS) is 15.9. The lowest BCUT2D eigenvalue weighted by Crippen LogP contribution is -2.28. The quantitative estimate of drug-likeness (QED) is 0.649. The lowest BCUT2D eigenvalue weighted by molar-refractivity contribution is -0.122. The molecule has 1 aliphatic rings. The van der Waals surface area contributed by atoms with Gasteiger partial charge in [-0.3, -0.25) is 9.59 Å². The number of carbonyl (C=O) groups is 2. The van der Waals surface area contributed by atoms with Crippen LogP contribution in [0.2, 0.25) is 5.02 Å². The zero-order valence-corrected chi connectivity index (χ0v) is 17.4.